The summed E-state index contributed by atoms with van der Waals surface area (Å²) in [5, 5.41) is 3.00. The number of nitrogens with zero attached hydrogens (tertiary/aromatic N) is 1. The van der Waals surface area contributed by atoms with Gasteiger partial charge in [-0.05, 0) is 43.9 Å². The van der Waals surface area contributed by atoms with Gasteiger partial charge >= 0.3 is 0 Å². The van der Waals surface area contributed by atoms with Crippen LogP contribution in [0.25, 0.3) is 0 Å². The Bertz CT molecular complexity index is 909. The number of nitrogens with one attached hydrogen (secondary N) is 1. The van der Waals surface area contributed by atoms with Crippen LogP contribution in [0.15, 0.2) is 41.2 Å². The van der Waals surface area contributed by atoms with Crippen LogP contribution in [0.1, 0.15) is 48.9 Å². The first-order valence-corrected chi connectivity index (χ1v) is 10.3. The van der Waals surface area contributed by atoms with Gasteiger partial charge in [-0.2, -0.15) is 0 Å². The van der Waals surface area contributed by atoms with Gasteiger partial charge in [-0.3, -0.25) is 9.59 Å². The fraction of sp³-hybridized carbons (Fsp3) is 0.455. The minimum Gasteiger partial charge on any atom is -0.472 e. The third-order valence-electron chi connectivity index (χ3n) is 6.09. The number of carbonyl (C=O) groups excluding carboxylic acids is 2. The second kappa shape index (κ2) is 7.13. The maximum absolute atomic E-state index is 12.7. The van der Waals surface area contributed by atoms with E-state index in [9.17, 15) is 9.59 Å². The van der Waals surface area contributed by atoms with Gasteiger partial charge in [0.1, 0.15) is 6.26 Å². The molecule has 1 spiro atoms. The van der Waals surface area contributed by atoms with Gasteiger partial charge in [0.2, 0.25) is 5.91 Å². The molecule has 2 fully saturated rings. The number of rotatable bonds is 3. The molecule has 1 aliphatic carbocycles. The number of ether oxygens (including phenoxy) is 2. The second-order valence-corrected chi connectivity index (χ2v) is 8.05. The largest absolute Gasteiger partial charge is 0.472 e. The summed E-state index contributed by atoms with van der Waals surface area (Å²) in [6.45, 7) is 1.12. The lowest BCUT2D eigenvalue weighted by Crippen LogP contribution is -2.41. The topological polar surface area (TPSA) is 81.0 Å². The van der Waals surface area contributed by atoms with Gasteiger partial charge in [0.05, 0.1) is 11.8 Å². The number of benzene rings is 1. The Kier molecular flexibility index (Phi) is 4.45. The minimum absolute atomic E-state index is 0.0187. The molecule has 0 radical (unpaired) electrons. The van der Waals surface area contributed by atoms with Gasteiger partial charge in [0.25, 0.3) is 11.7 Å². The SMILES string of the molecule is O=C(Nc1ccc2c(c1)OC1(CCCC1)O2)C1CCN(C(=O)c2ccoc2)CC1. The summed E-state index contributed by atoms with van der Waals surface area (Å²) >= 11 is 0. The van der Waals surface area contributed by atoms with Crippen molar-refractivity contribution in [2.24, 2.45) is 5.92 Å². The molecule has 29 heavy (non-hydrogen) atoms. The molecule has 0 atom stereocenters. The Morgan fingerprint density at radius 1 is 1.03 bits per heavy atom. The Hall–Kier alpha value is -2.96. The summed E-state index contributed by atoms with van der Waals surface area (Å²) in [6.07, 6.45) is 8.26. The van der Waals surface area contributed by atoms with Crippen molar-refractivity contribution >= 4 is 17.5 Å². The van der Waals surface area contributed by atoms with E-state index in [1.165, 1.54) is 12.5 Å². The molecule has 3 heterocycles. The molecule has 1 N–H and O–H groups in total. The highest BCUT2D eigenvalue weighted by atomic mass is 16.7. The van der Waals surface area contributed by atoms with Crippen LogP contribution < -0.4 is 14.8 Å². The molecule has 7 heteroatoms. The lowest BCUT2D eigenvalue weighted by molar-refractivity contribution is -0.121. The normalized spacial score (nSPS) is 20.2. The van der Waals surface area contributed by atoms with Crippen LogP contribution in [0.2, 0.25) is 0 Å². The van der Waals surface area contributed by atoms with Crippen molar-refractivity contribution in [3.8, 4) is 11.5 Å². The molecular weight excluding hydrogens is 372 g/mol. The van der Waals surface area contributed by atoms with Crippen LogP contribution in [-0.2, 0) is 4.79 Å². The van der Waals surface area contributed by atoms with E-state index < -0.39 is 5.79 Å². The van der Waals surface area contributed by atoms with E-state index in [0.29, 0.717) is 42.9 Å². The Morgan fingerprint density at radius 2 is 1.79 bits per heavy atom. The first-order valence-electron chi connectivity index (χ1n) is 10.3. The summed E-state index contributed by atoms with van der Waals surface area (Å²) in [4.78, 5) is 26.9. The zero-order valence-corrected chi connectivity index (χ0v) is 16.2. The number of hydrogen-bond donors (Lipinski definition) is 1. The number of carbonyl (C=O) groups is 2. The average Bonchev–Trinajstić information content (AvgIpc) is 3.48. The van der Waals surface area contributed by atoms with Crippen molar-refractivity contribution in [1.82, 2.24) is 4.90 Å². The van der Waals surface area contributed by atoms with Gasteiger partial charge in [-0.1, -0.05) is 0 Å². The first-order chi connectivity index (χ1) is 14.1. The van der Waals surface area contributed by atoms with E-state index in [-0.39, 0.29) is 17.7 Å². The zero-order valence-electron chi connectivity index (χ0n) is 16.2. The summed E-state index contributed by atoms with van der Waals surface area (Å²) in [5.74, 6) is 0.763. The molecule has 2 aromatic rings. The molecule has 5 rings (SSSR count). The molecular formula is C22H24N2O5. The van der Waals surface area contributed by atoms with Crippen LogP contribution in [0, 0.1) is 5.92 Å². The molecule has 2 aliphatic heterocycles. The smallest absolute Gasteiger partial charge is 0.257 e. The molecule has 7 nitrogen and oxygen atoms in total. The van der Waals surface area contributed by atoms with Crippen LogP contribution in [0.4, 0.5) is 5.69 Å². The summed E-state index contributed by atoms with van der Waals surface area (Å²) in [5.41, 5.74) is 1.26. The molecule has 0 unspecified atom stereocenters. The number of anilines is 1. The predicted octanol–water partition coefficient (Wildman–Crippen LogP) is 3.81. The van der Waals surface area contributed by atoms with E-state index in [1.54, 1.807) is 11.0 Å². The monoisotopic (exact) mass is 396 g/mol. The number of piperidine rings is 1. The van der Waals surface area contributed by atoms with E-state index in [4.69, 9.17) is 13.9 Å². The summed E-state index contributed by atoms with van der Waals surface area (Å²) in [6, 6.07) is 7.23. The van der Waals surface area contributed by atoms with E-state index in [1.807, 2.05) is 18.2 Å². The lowest BCUT2D eigenvalue weighted by Gasteiger charge is -2.31. The highest BCUT2D eigenvalue weighted by Crippen LogP contribution is 2.47. The molecule has 0 bridgehead atoms. The number of hydrogen-bond acceptors (Lipinski definition) is 5. The fourth-order valence-electron chi connectivity index (χ4n) is 4.45. The van der Waals surface area contributed by atoms with E-state index in [2.05, 4.69) is 5.32 Å². The zero-order chi connectivity index (χ0) is 19.8. The lowest BCUT2D eigenvalue weighted by atomic mass is 9.95. The maximum atomic E-state index is 12.7. The van der Waals surface area contributed by atoms with Crippen molar-refractivity contribution < 1.29 is 23.5 Å². The number of likely N-dealkylation sites (tertiary alicyclic amines) is 1. The average molecular weight is 396 g/mol. The van der Waals surface area contributed by atoms with Crippen LogP contribution in [-0.4, -0.2) is 35.6 Å². The van der Waals surface area contributed by atoms with Crippen molar-refractivity contribution in [2.45, 2.75) is 44.3 Å². The molecule has 1 saturated carbocycles. The minimum atomic E-state index is -0.501. The fourth-order valence-corrected chi connectivity index (χ4v) is 4.45. The van der Waals surface area contributed by atoms with Crippen molar-refractivity contribution in [2.75, 3.05) is 18.4 Å². The van der Waals surface area contributed by atoms with Gasteiger partial charge in [0.15, 0.2) is 11.5 Å². The number of furan rings is 1. The van der Waals surface area contributed by atoms with Gasteiger partial charge in [-0.15, -0.1) is 0 Å². The van der Waals surface area contributed by atoms with E-state index in [0.717, 1.165) is 31.4 Å². The Balaban J connectivity index is 1.18. The molecule has 152 valence electrons. The third-order valence-corrected chi connectivity index (χ3v) is 6.09. The first kappa shape index (κ1) is 18.1. The quantitative estimate of drug-likeness (QED) is 0.853. The van der Waals surface area contributed by atoms with Crippen molar-refractivity contribution in [1.29, 1.82) is 0 Å². The van der Waals surface area contributed by atoms with Crippen LogP contribution >= 0.6 is 0 Å². The second-order valence-electron chi connectivity index (χ2n) is 8.05. The number of fused-ring (bicyclic) bond motifs is 1. The summed E-state index contributed by atoms with van der Waals surface area (Å²) < 4.78 is 17.1. The van der Waals surface area contributed by atoms with Crippen LogP contribution in [0.3, 0.4) is 0 Å². The summed E-state index contributed by atoms with van der Waals surface area (Å²) in [7, 11) is 0. The Labute approximate surface area is 169 Å². The molecule has 2 amide bonds. The Morgan fingerprint density at radius 3 is 2.52 bits per heavy atom. The molecule has 3 aliphatic rings. The molecule has 1 aromatic heterocycles. The third kappa shape index (κ3) is 3.45. The molecule has 1 aromatic carbocycles. The van der Waals surface area contributed by atoms with Gasteiger partial charge in [0, 0.05) is 43.6 Å². The van der Waals surface area contributed by atoms with Crippen LogP contribution in [0.5, 0.6) is 11.5 Å². The molecule has 1 saturated heterocycles. The van der Waals surface area contributed by atoms with Gasteiger partial charge in [-0.25, -0.2) is 0 Å². The predicted molar refractivity (Wildman–Crippen MR) is 105 cm³/mol. The maximum Gasteiger partial charge on any atom is 0.257 e. The standard InChI is InChI=1S/C22H24N2O5/c25-20(15-5-10-24(11-6-15)21(26)16-7-12-27-14-16)23-17-3-4-18-19(13-17)29-22(28-18)8-1-2-9-22/h3-4,7,12-15H,1-2,5-6,8-11H2,(H,23,25). The van der Waals surface area contributed by atoms with Crippen molar-refractivity contribution in [3.05, 3.63) is 42.4 Å². The van der Waals surface area contributed by atoms with Crippen molar-refractivity contribution in [3.63, 3.8) is 0 Å². The van der Waals surface area contributed by atoms with E-state index >= 15 is 0 Å². The number of amides is 2. The van der Waals surface area contributed by atoms with Gasteiger partial charge < -0.3 is 24.1 Å². The highest BCUT2D eigenvalue weighted by Gasteiger charge is 2.44. The highest BCUT2D eigenvalue weighted by molar-refractivity contribution is 5.95.